The number of nitrogens with one attached hydrogen (secondary N) is 2. The van der Waals surface area contributed by atoms with E-state index in [4.69, 9.17) is 9.15 Å². The van der Waals surface area contributed by atoms with Gasteiger partial charge in [-0.25, -0.2) is 9.18 Å². The smallest absolute Gasteiger partial charge is 0.315 e. The Morgan fingerprint density at radius 2 is 2.17 bits per heavy atom. The fourth-order valence-electron chi connectivity index (χ4n) is 2.21. The van der Waals surface area contributed by atoms with Crippen LogP contribution < -0.4 is 15.4 Å². The zero-order valence-corrected chi connectivity index (χ0v) is 12.9. The van der Waals surface area contributed by atoms with Crippen molar-refractivity contribution in [2.75, 3.05) is 13.7 Å². The van der Waals surface area contributed by atoms with Gasteiger partial charge in [-0.15, -0.1) is 0 Å². The van der Waals surface area contributed by atoms with Crippen LogP contribution in [0.5, 0.6) is 5.75 Å². The quantitative estimate of drug-likeness (QED) is 0.763. The molecule has 6 nitrogen and oxygen atoms in total. The van der Waals surface area contributed by atoms with Crippen molar-refractivity contribution in [3.8, 4) is 5.75 Å². The molecule has 23 heavy (non-hydrogen) atoms. The van der Waals surface area contributed by atoms with Gasteiger partial charge in [0.15, 0.2) is 0 Å². The normalized spacial score (nSPS) is 13.2. The lowest BCUT2D eigenvalue weighted by Crippen LogP contribution is -2.39. The Morgan fingerprint density at radius 1 is 1.39 bits per heavy atom. The number of ether oxygens (including phenoxy) is 1. The molecule has 2 atom stereocenters. The van der Waals surface area contributed by atoms with Crippen LogP contribution >= 0.6 is 0 Å². The molecule has 0 spiro atoms. The first-order valence-corrected chi connectivity index (χ1v) is 7.11. The third-order valence-electron chi connectivity index (χ3n) is 3.34. The van der Waals surface area contributed by atoms with Crippen molar-refractivity contribution in [1.29, 1.82) is 0 Å². The monoisotopic (exact) mass is 322 g/mol. The topological polar surface area (TPSA) is 83.7 Å². The van der Waals surface area contributed by atoms with Crippen LogP contribution in [-0.4, -0.2) is 24.8 Å². The van der Waals surface area contributed by atoms with Gasteiger partial charge in [-0.1, -0.05) is 6.07 Å². The summed E-state index contributed by atoms with van der Waals surface area (Å²) in [5.74, 6) is 0.246. The minimum Gasteiger partial charge on any atom is -0.496 e. The molecule has 1 aromatic carbocycles. The Kier molecular flexibility index (Phi) is 5.59. The molecule has 1 heterocycles. The average Bonchev–Trinajstić information content (AvgIpc) is 3.06. The molecular weight excluding hydrogens is 303 g/mol. The second-order valence-electron chi connectivity index (χ2n) is 4.96. The maximum atomic E-state index is 13.9. The number of amides is 2. The highest BCUT2D eigenvalue weighted by Crippen LogP contribution is 2.27. The molecule has 0 saturated carbocycles. The fraction of sp³-hybridized carbons (Fsp3) is 0.312. The molecule has 0 fully saturated rings. The van der Waals surface area contributed by atoms with Crippen LogP contribution in [0, 0.1) is 5.82 Å². The molecule has 124 valence electrons. The number of halogens is 1. The minimum atomic E-state index is -0.950. The summed E-state index contributed by atoms with van der Waals surface area (Å²) in [5, 5.41) is 14.9. The summed E-state index contributed by atoms with van der Waals surface area (Å²) in [4.78, 5) is 11.9. The van der Waals surface area contributed by atoms with Crippen molar-refractivity contribution in [2.45, 2.75) is 19.1 Å². The number of hydrogen-bond acceptors (Lipinski definition) is 4. The van der Waals surface area contributed by atoms with Crippen molar-refractivity contribution in [2.24, 2.45) is 0 Å². The summed E-state index contributed by atoms with van der Waals surface area (Å²) in [6, 6.07) is 6.57. The first kappa shape index (κ1) is 16.8. The summed E-state index contributed by atoms with van der Waals surface area (Å²) in [5.41, 5.74) is 0.261. The highest BCUT2D eigenvalue weighted by molar-refractivity contribution is 5.74. The number of benzene rings is 1. The lowest BCUT2D eigenvalue weighted by Gasteiger charge is -2.19. The van der Waals surface area contributed by atoms with Crippen molar-refractivity contribution in [1.82, 2.24) is 10.6 Å². The number of methoxy groups -OCH3 is 1. The third-order valence-corrected chi connectivity index (χ3v) is 3.34. The third kappa shape index (κ3) is 4.23. The van der Waals surface area contributed by atoms with Crippen LogP contribution in [0.4, 0.5) is 9.18 Å². The molecule has 2 aromatic rings. The van der Waals surface area contributed by atoms with Crippen molar-refractivity contribution in [3.05, 3.63) is 53.7 Å². The Labute approximate surface area is 133 Å². The number of furan rings is 1. The van der Waals surface area contributed by atoms with Gasteiger partial charge >= 0.3 is 6.03 Å². The van der Waals surface area contributed by atoms with E-state index in [0.717, 1.165) is 0 Å². The number of hydrogen-bond donors (Lipinski definition) is 3. The summed E-state index contributed by atoms with van der Waals surface area (Å²) in [6.07, 6.45) is 0.486. The summed E-state index contributed by atoms with van der Waals surface area (Å²) >= 11 is 0. The lowest BCUT2D eigenvalue weighted by molar-refractivity contribution is 0.147. The summed E-state index contributed by atoms with van der Waals surface area (Å²) < 4.78 is 24.1. The molecular formula is C16H19FN2O4. The van der Waals surface area contributed by atoms with Crippen LogP contribution in [0.2, 0.25) is 0 Å². The highest BCUT2D eigenvalue weighted by Gasteiger charge is 2.19. The fourth-order valence-corrected chi connectivity index (χ4v) is 2.21. The van der Waals surface area contributed by atoms with E-state index in [-0.39, 0.29) is 12.1 Å². The minimum absolute atomic E-state index is 0.0273. The molecule has 0 radical (unpaired) electrons. The van der Waals surface area contributed by atoms with Crippen LogP contribution in [0.3, 0.4) is 0 Å². The van der Waals surface area contributed by atoms with Gasteiger partial charge in [0.05, 0.1) is 31.5 Å². The molecule has 2 rings (SSSR count). The zero-order chi connectivity index (χ0) is 16.8. The van der Waals surface area contributed by atoms with Gasteiger partial charge in [0.25, 0.3) is 0 Å². The Hall–Kier alpha value is -2.54. The Morgan fingerprint density at radius 3 is 2.83 bits per heavy atom. The molecule has 1 aromatic heterocycles. The van der Waals surface area contributed by atoms with E-state index in [0.29, 0.717) is 11.5 Å². The first-order valence-electron chi connectivity index (χ1n) is 7.11. The van der Waals surface area contributed by atoms with Crippen molar-refractivity contribution in [3.63, 3.8) is 0 Å². The largest absolute Gasteiger partial charge is 0.496 e. The van der Waals surface area contributed by atoms with Crippen LogP contribution in [-0.2, 0) is 0 Å². The molecule has 0 aliphatic rings. The van der Waals surface area contributed by atoms with Gasteiger partial charge in [0.1, 0.15) is 23.4 Å². The Bertz CT molecular complexity index is 646. The average molecular weight is 322 g/mol. The second kappa shape index (κ2) is 7.64. The number of carbonyl (C=O) groups is 1. The van der Waals surface area contributed by atoms with Gasteiger partial charge in [0.2, 0.25) is 0 Å². The summed E-state index contributed by atoms with van der Waals surface area (Å²) in [7, 11) is 1.44. The van der Waals surface area contributed by atoms with Gasteiger partial charge in [-0.3, -0.25) is 0 Å². The number of rotatable bonds is 6. The molecule has 0 bridgehead atoms. The van der Waals surface area contributed by atoms with E-state index in [1.54, 1.807) is 25.1 Å². The molecule has 0 aliphatic carbocycles. The number of carbonyl (C=O) groups excluding carboxylic acids is 1. The SMILES string of the molecule is COc1cccc(F)c1[C@@H](C)NC(=O)NC[C@@H](O)c1ccco1. The number of aliphatic hydroxyl groups is 1. The predicted molar refractivity (Wildman–Crippen MR) is 81.6 cm³/mol. The molecule has 2 amide bonds. The van der Waals surface area contributed by atoms with Crippen molar-refractivity contribution < 1.29 is 23.4 Å². The van der Waals surface area contributed by atoms with Gasteiger partial charge < -0.3 is 24.9 Å². The zero-order valence-electron chi connectivity index (χ0n) is 12.9. The molecule has 7 heteroatoms. The highest BCUT2D eigenvalue weighted by atomic mass is 19.1. The Balaban J connectivity index is 1.92. The first-order chi connectivity index (χ1) is 11.0. The standard InChI is InChI=1S/C16H19FN2O4/c1-10(15-11(17)5-3-6-14(15)22-2)19-16(21)18-9-12(20)13-7-4-8-23-13/h3-8,10,12,20H,9H2,1-2H3,(H2,18,19,21)/t10-,12-/m1/s1. The van der Waals surface area contributed by atoms with Gasteiger partial charge in [-0.05, 0) is 31.2 Å². The van der Waals surface area contributed by atoms with Gasteiger partial charge in [-0.2, -0.15) is 0 Å². The van der Waals surface area contributed by atoms with E-state index >= 15 is 0 Å². The number of urea groups is 1. The van der Waals surface area contributed by atoms with Gasteiger partial charge in [0, 0.05) is 0 Å². The lowest BCUT2D eigenvalue weighted by atomic mass is 10.1. The van der Waals surface area contributed by atoms with E-state index < -0.39 is 24.0 Å². The van der Waals surface area contributed by atoms with Crippen LogP contribution in [0.25, 0.3) is 0 Å². The molecule has 0 unspecified atom stereocenters. The predicted octanol–water partition coefficient (Wildman–Crippen LogP) is 2.52. The maximum absolute atomic E-state index is 13.9. The van der Waals surface area contributed by atoms with Crippen LogP contribution in [0.1, 0.15) is 30.4 Å². The van der Waals surface area contributed by atoms with E-state index in [9.17, 15) is 14.3 Å². The summed E-state index contributed by atoms with van der Waals surface area (Å²) in [6.45, 7) is 1.62. The molecule has 0 aliphatic heterocycles. The van der Waals surface area contributed by atoms with E-state index in [1.807, 2.05) is 0 Å². The van der Waals surface area contributed by atoms with Crippen LogP contribution in [0.15, 0.2) is 41.0 Å². The van der Waals surface area contributed by atoms with Crippen molar-refractivity contribution >= 4 is 6.03 Å². The van der Waals surface area contributed by atoms with E-state index in [2.05, 4.69) is 10.6 Å². The number of aliphatic hydroxyl groups excluding tert-OH is 1. The maximum Gasteiger partial charge on any atom is 0.315 e. The molecule has 0 saturated heterocycles. The second-order valence-corrected chi connectivity index (χ2v) is 4.96. The molecule has 3 N–H and O–H groups in total. The van der Waals surface area contributed by atoms with E-state index in [1.165, 1.54) is 25.5 Å².